The zero-order chi connectivity index (χ0) is 40.6. The standard InChI is InChI=1S/C54H34N8/c1-58-52-49(57-54(58)62-42-25-13-9-21-36(42)38-28-30-45-47(51(38)62)39-22-10-14-26-43(39)59(45)33-16-4-2-5-17-33)53(56-32-55-52)61-44-27-15-11-23-40(44)48-46(61)31-29-37-35-20-8-12-24-41(35)60(50(37)48)34-18-6-3-7-19-34/h2-32H,1H3. The van der Waals surface area contributed by atoms with Crippen molar-refractivity contribution in [1.82, 2.24) is 37.8 Å². The Morgan fingerprint density at radius 3 is 1.40 bits per heavy atom. The summed E-state index contributed by atoms with van der Waals surface area (Å²) in [5, 5.41) is 9.44. The molecule has 14 rings (SSSR count). The number of aryl methyl sites for hydroxylation is 1. The van der Waals surface area contributed by atoms with Crippen LogP contribution >= 0.6 is 0 Å². The Bertz CT molecular complexity index is 4160. The topological polar surface area (TPSA) is 63.3 Å². The minimum Gasteiger partial charge on any atom is -0.309 e. The predicted octanol–water partition coefficient (Wildman–Crippen LogP) is 12.8. The molecule has 0 fully saturated rings. The smallest absolute Gasteiger partial charge is 0.216 e. The van der Waals surface area contributed by atoms with E-state index < -0.39 is 0 Å². The van der Waals surface area contributed by atoms with Gasteiger partial charge in [-0.25, -0.2) is 15.0 Å². The second kappa shape index (κ2) is 12.3. The van der Waals surface area contributed by atoms with Crippen LogP contribution in [-0.4, -0.2) is 37.8 Å². The van der Waals surface area contributed by atoms with E-state index in [9.17, 15) is 0 Å². The Morgan fingerprint density at radius 1 is 0.355 bits per heavy atom. The molecule has 0 unspecified atom stereocenters. The molecule has 0 aliphatic rings. The van der Waals surface area contributed by atoms with Gasteiger partial charge in [0.15, 0.2) is 17.0 Å². The van der Waals surface area contributed by atoms with Gasteiger partial charge < -0.3 is 9.13 Å². The second-order valence-electron chi connectivity index (χ2n) is 16.1. The minimum absolute atomic E-state index is 0.723. The molecule has 14 aromatic rings. The van der Waals surface area contributed by atoms with Crippen LogP contribution in [0, 0.1) is 0 Å². The molecule has 0 radical (unpaired) electrons. The number of hydrogen-bond donors (Lipinski definition) is 0. The van der Waals surface area contributed by atoms with E-state index >= 15 is 0 Å². The number of fused-ring (bicyclic) bond motifs is 15. The summed E-state index contributed by atoms with van der Waals surface area (Å²) in [6, 6.07) is 65.1. The maximum atomic E-state index is 5.61. The molecule has 0 amide bonds. The van der Waals surface area contributed by atoms with Crippen LogP contribution < -0.4 is 0 Å². The Hall–Kier alpha value is -8.49. The predicted molar refractivity (Wildman–Crippen MR) is 254 cm³/mol. The highest BCUT2D eigenvalue weighted by Crippen LogP contribution is 2.44. The van der Waals surface area contributed by atoms with Crippen LogP contribution in [0.1, 0.15) is 0 Å². The van der Waals surface area contributed by atoms with Gasteiger partial charge in [0.1, 0.15) is 6.33 Å². The molecular weight excluding hydrogens is 761 g/mol. The molecule has 8 nitrogen and oxygen atoms in total. The van der Waals surface area contributed by atoms with Crippen LogP contribution in [0.15, 0.2) is 188 Å². The zero-order valence-electron chi connectivity index (χ0n) is 33.5. The van der Waals surface area contributed by atoms with Crippen molar-refractivity contribution in [3.63, 3.8) is 0 Å². The van der Waals surface area contributed by atoms with Gasteiger partial charge in [0, 0.05) is 61.5 Å². The molecule has 0 spiro atoms. The van der Waals surface area contributed by atoms with Crippen molar-refractivity contribution in [2.45, 2.75) is 0 Å². The number of rotatable bonds is 4. The van der Waals surface area contributed by atoms with E-state index in [0.717, 1.165) is 72.8 Å². The van der Waals surface area contributed by atoms with Gasteiger partial charge >= 0.3 is 0 Å². The Labute approximate surface area is 353 Å². The number of imidazole rings is 1. The van der Waals surface area contributed by atoms with E-state index in [1.165, 1.54) is 48.7 Å². The fourth-order valence-electron chi connectivity index (χ4n) is 10.5. The molecule has 0 saturated carbocycles. The largest absolute Gasteiger partial charge is 0.309 e. The normalized spacial score (nSPS) is 12.3. The lowest BCUT2D eigenvalue weighted by Crippen LogP contribution is -2.03. The maximum absolute atomic E-state index is 5.61. The number of para-hydroxylation sites is 6. The van der Waals surface area contributed by atoms with E-state index in [4.69, 9.17) is 15.0 Å². The molecule has 0 bridgehead atoms. The van der Waals surface area contributed by atoms with Crippen LogP contribution in [0.5, 0.6) is 0 Å². The fraction of sp³-hybridized carbons (Fsp3) is 0.0185. The number of hydrogen-bond acceptors (Lipinski definition) is 3. The van der Waals surface area contributed by atoms with Crippen molar-refractivity contribution in [3.8, 4) is 23.1 Å². The van der Waals surface area contributed by atoms with Gasteiger partial charge in [0.05, 0.1) is 44.1 Å². The van der Waals surface area contributed by atoms with E-state index in [-0.39, 0.29) is 0 Å². The quantitative estimate of drug-likeness (QED) is 0.178. The number of benzene rings is 8. The van der Waals surface area contributed by atoms with Gasteiger partial charge in [-0.05, 0) is 60.7 Å². The van der Waals surface area contributed by atoms with Crippen molar-refractivity contribution >= 4 is 98.4 Å². The zero-order valence-corrected chi connectivity index (χ0v) is 33.5. The van der Waals surface area contributed by atoms with Gasteiger partial charge in [0.25, 0.3) is 0 Å². The lowest BCUT2D eigenvalue weighted by Gasteiger charge is -2.09. The van der Waals surface area contributed by atoms with Crippen LogP contribution in [-0.2, 0) is 7.05 Å². The number of aromatic nitrogens is 8. The summed E-state index contributed by atoms with van der Waals surface area (Å²) in [7, 11) is 2.07. The molecule has 6 aromatic heterocycles. The monoisotopic (exact) mass is 794 g/mol. The number of nitrogens with zero attached hydrogens (tertiary/aromatic N) is 8. The molecular formula is C54H34N8. The highest BCUT2D eigenvalue weighted by Gasteiger charge is 2.27. The minimum atomic E-state index is 0.723. The Kier molecular flexibility index (Phi) is 6.61. The van der Waals surface area contributed by atoms with Crippen LogP contribution in [0.25, 0.3) is 122 Å². The maximum Gasteiger partial charge on any atom is 0.216 e. The third-order valence-electron chi connectivity index (χ3n) is 13.0. The van der Waals surface area contributed by atoms with E-state index in [2.05, 4.69) is 212 Å². The summed E-state index contributed by atoms with van der Waals surface area (Å²) >= 11 is 0. The van der Waals surface area contributed by atoms with E-state index in [1.807, 2.05) is 0 Å². The van der Waals surface area contributed by atoms with E-state index in [1.54, 1.807) is 6.33 Å². The van der Waals surface area contributed by atoms with Gasteiger partial charge in [-0.2, -0.15) is 0 Å². The molecule has 0 saturated heterocycles. The molecule has 8 heteroatoms. The van der Waals surface area contributed by atoms with Gasteiger partial charge in [-0.1, -0.05) is 121 Å². The Balaban J connectivity index is 1.09. The Morgan fingerprint density at radius 2 is 0.806 bits per heavy atom. The summed E-state index contributed by atoms with van der Waals surface area (Å²) in [5.41, 5.74) is 12.6. The summed E-state index contributed by atoms with van der Waals surface area (Å²) in [6.45, 7) is 0. The summed E-state index contributed by atoms with van der Waals surface area (Å²) in [4.78, 5) is 15.6. The van der Waals surface area contributed by atoms with Gasteiger partial charge in [0.2, 0.25) is 5.95 Å². The first kappa shape index (κ1) is 33.4. The van der Waals surface area contributed by atoms with Crippen molar-refractivity contribution in [2.75, 3.05) is 0 Å². The lowest BCUT2D eigenvalue weighted by molar-refractivity contribution is 0.860. The lowest BCUT2D eigenvalue weighted by atomic mass is 10.1. The van der Waals surface area contributed by atoms with Crippen molar-refractivity contribution in [3.05, 3.63) is 188 Å². The molecule has 0 aliphatic carbocycles. The highest BCUT2D eigenvalue weighted by atomic mass is 15.3. The molecule has 0 N–H and O–H groups in total. The molecule has 62 heavy (non-hydrogen) atoms. The SMILES string of the molecule is Cn1c(-n2c3ccccc3c3ccc4c(c5ccccc5n4-c4ccccc4)c32)nc2c(-n3c4ccccc4c4c3ccc3c5ccccc5n(-c5ccccc5)c34)ncnc21. The molecule has 0 atom stereocenters. The molecule has 8 aromatic carbocycles. The average Bonchev–Trinajstić information content (AvgIpc) is 4.12. The third kappa shape index (κ3) is 4.27. The molecule has 0 aliphatic heterocycles. The fourth-order valence-corrected chi connectivity index (χ4v) is 10.5. The first-order chi connectivity index (χ1) is 30.7. The third-order valence-corrected chi connectivity index (χ3v) is 13.0. The summed E-state index contributed by atoms with van der Waals surface area (Å²) in [6.07, 6.45) is 1.68. The first-order valence-corrected chi connectivity index (χ1v) is 20.9. The summed E-state index contributed by atoms with van der Waals surface area (Å²) in [5.74, 6) is 1.50. The van der Waals surface area contributed by atoms with Gasteiger partial charge in [-0.15, -0.1) is 0 Å². The average molecular weight is 795 g/mol. The summed E-state index contributed by atoms with van der Waals surface area (Å²) < 4.78 is 11.5. The highest BCUT2D eigenvalue weighted by molar-refractivity contribution is 6.27. The van der Waals surface area contributed by atoms with Crippen molar-refractivity contribution in [1.29, 1.82) is 0 Å². The molecule has 6 heterocycles. The van der Waals surface area contributed by atoms with Crippen molar-refractivity contribution < 1.29 is 0 Å². The van der Waals surface area contributed by atoms with Crippen LogP contribution in [0.3, 0.4) is 0 Å². The first-order valence-electron chi connectivity index (χ1n) is 20.9. The van der Waals surface area contributed by atoms with Crippen molar-refractivity contribution in [2.24, 2.45) is 7.05 Å². The molecule has 290 valence electrons. The second-order valence-corrected chi connectivity index (χ2v) is 16.1. The van der Waals surface area contributed by atoms with Gasteiger partial charge in [-0.3, -0.25) is 13.7 Å². The van der Waals surface area contributed by atoms with Crippen LogP contribution in [0.4, 0.5) is 0 Å². The van der Waals surface area contributed by atoms with Crippen LogP contribution in [0.2, 0.25) is 0 Å². The van der Waals surface area contributed by atoms with E-state index in [0.29, 0.717) is 0 Å².